The van der Waals surface area contributed by atoms with Crippen LogP contribution < -0.4 is 11.1 Å². The van der Waals surface area contributed by atoms with Crippen LogP contribution in [0, 0.1) is 4.77 Å². The number of nitrogens with two attached hydrogens (primary N) is 1. The molecular weight excluding hydrogens is 345 g/mol. The number of carbonyl (C=O) groups is 1. The van der Waals surface area contributed by atoms with E-state index in [0.29, 0.717) is 22.2 Å². The van der Waals surface area contributed by atoms with E-state index in [0.717, 1.165) is 12.8 Å². The summed E-state index contributed by atoms with van der Waals surface area (Å²) in [5, 5.41) is 10.2. The molecule has 3 rings (SSSR count). The highest BCUT2D eigenvalue weighted by Gasteiger charge is 2.27. The van der Waals surface area contributed by atoms with Crippen molar-refractivity contribution in [3.8, 4) is 0 Å². The van der Waals surface area contributed by atoms with Gasteiger partial charge in [-0.25, -0.2) is 0 Å². The smallest absolute Gasteiger partial charge is 0.251 e. The van der Waals surface area contributed by atoms with Gasteiger partial charge in [-0.3, -0.25) is 14.5 Å². The number of anilines is 1. The first kappa shape index (κ1) is 15.3. The van der Waals surface area contributed by atoms with E-state index in [-0.39, 0.29) is 28.2 Å². The van der Waals surface area contributed by atoms with Crippen LogP contribution in [0.3, 0.4) is 0 Å². The summed E-state index contributed by atoms with van der Waals surface area (Å²) in [6.45, 7) is 0.266. The number of aromatic nitrogens is 3. The Balaban J connectivity index is 1.74. The van der Waals surface area contributed by atoms with Gasteiger partial charge in [0.1, 0.15) is 0 Å². The summed E-state index contributed by atoms with van der Waals surface area (Å²) in [7, 11) is 0. The Hall–Kier alpha value is -1.57. The Morgan fingerprint density at radius 3 is 2.68 bits per heavy atom. The van der Waals surface area contributed by atoms with Gasteiger partial charge in [0.25, 0.3) is 5.91 Å². The van der Waals surface area contributed by atoms with Crippen molar-refractivity contribution in [1.82, 2.24) is 20.1 Å². The molecule has 0 radical (unpaired) electrons. The number of hydrogen-bond donors (Lipinski definition) is 3. The molecule has 116 valence electrons. The van der Waals surface area contributed by atoms with Crippen LogP contribution in [0.2, 0.25) is 10.0 Å². The molecule has 0 atom stereocenters. The number of halogens is 2. The summed E-state index contributed by atoms with van der Waals surface area (Å²) in [4.78, 5) is 12.2. The Bertz CT molecular complexity index is 773. The average Bonchev–Trinajstić information content (AvgIpc) is 3.25. The summed E-state index contributed by atoms with van der Waals surface area (Å²) in [5.41, 5.74) is 6.26. The molecule has 0 saturated heterocycles. The van der Waals surface area contributed by atoms with Crippen molar-refractivity contribution in [1.29, 1.82) is 0 Å². The lowest BCUT2D eigenvalue weighted by Crippen LogP contribution is -2.24. The van der Waals surface area contributed by atoms with Crippen LogP contribution in [0.25, 0.3) is 0 Å². The van der Waals surface area contributed by atoms with E-state index in [1.54, 1.807) is 0 Å². The number of nitrogen functional groups attached to an aromatic ring is 1. The molecule has 4 N–H and O–H groups in total. The second-order valence-corrected chi connectivity index (χ2v) is 6.28. The van der Waals surface area contributed by atoms with Gasteiger partial charge in [0, 0.05) is 11.6 Å². The number of aromatic amines is 1. The fraction of sp³-hybridized carbons (Fsp3) is 0.308. The molecule has 22 heavy (non-hydrogen) atoms. The number of rotatable bonds is 4. The number of H-pyrrole nitrogens is 1. The van der Waals surface area contributed by atoms with E-state index in [4.69, 9.17) is 41.2 Å². The second-order valence-electron chi connectivity index (χ2n) is 5.08. The molecule has 1 saturated carbocycles. The predicted octanol–water partition coefficient (Wildman–Crippen LogP) is 3.09. The quantitative estimate of drug-likeness (QED) is 0.579. The molecule has 9 heteroatoms. The topological polar surface area (TPSA) is 88.7 Å². The zero-order valence-corrected chi connectivity index (χ0v) is 13.7. The zero-order valence-electron chi connectivity index (χ0n) is 11.4. The number of hydrogen-bond acceptors (Lipinski definition) is 4. The van der Waals surface area contributed by atoms with Crippen molar-refractivity contribution in [3.63, 3.8) is 0 Å². The van der Waals surface area contributed by atoms with Crippen LogP contribution in [0.5, 0.6) is 0 Å². The fourth-order valence-electron chi connectivity index (χ4n) is 2.15. The molecule has 0 aliphatic heterocycles. The fourth-order valence-corrected chi connectivity index (χ4v) is 2.94. The van der Waals surface area contributed by atoms with Gasteiger partial charge >= 0.3 is 0 Å². The molecule has 0 spiro atoms. The number of amides is 1. The summed E-state index contributed by atoms with van der Waals surface area (Å²) in [6.07, 6.45) is 2.16. The maximum absolute atomic E-state index is 12.2. The SMILES string of the molecule is Nc1c(Cl)cc(C(=O)NCc2n[nH]c(=S)n2C2CC2)cc1Cl. The molecule has 1 amide bonds. The number of carbonyl (C=O) groups excluding carboxylic acids is 1. The number of benzene rings is 1. The minimum absolute atomic E-state index is 0.248. The van der Waals surface area contributed by atoms with Crippen molar-refractivity contribution >= 4 is 47.0 Å². The van der Waals surface area contributed by atoms with E-state index in [1.807, 2.05) is 4.57 Å². The van der Waals surface area contributed by atoms with E-state index >= 15 is 0 Å². The van der Waals surface area contributed by atoms with Crippen molar-refractivity contribution in [2.24, 2.45) is 0 Å². The summed E-state index contributed by atoms with van der Waals surface area (Å²) in [5.74, 6) is 0.397. The van der Waals surface area contributed by atoms with Crippen molar-refractivity contribution < 1.29 is 4.79 Å². The van der Waals surface area contributed by atoms with E-state index in [9.17, 15) is 4.79 Å². The van der Waals surface area contributed by atoms with Crippen LogP contribution in [-0.4, -0.2) is 20.7 Å². The molecule has 1 fully saturated rings. The van der Waals surface area contributed by atoms with Gasteiger partial charge in [-0.15, -0.1) is 0 Å². The first-order chi connectivity index (χ1) is 10.5. The van der Waals surface area contributed by atoms with Gasteiger partial charge in [-0.1, -0.05) is 23.2 Å². The minimum atomic E-state index is -0.305. The van der Waals surface area contributed by atoms with Gasteiger partial charge in [0.2, 0.25) is 0 Å². The van der Waals surface area contributed by atoms with Gasteiger partial charge in [-0.05, 0) is 37.2 Å². The van der Waals surface area contributed by atoms with Gasteiger partial charge in [0.05, 0.1) is 22.3 Å². The molecule has 0 bridgehead atoms. The normalized spacial score (nSPS) is 14.1. The van der Waals surface area contributed by atoms with Crippen LogP contribution in [-0.2, 0) is 6.54 Å². The second kappa shape index (κ2) is 5.91. The summed E-state index contributed by atoms with van der Waals surface area (Å²) >= 11 is 17.1. The summed E-state index contributed by atoms with van der Waals surface area (Å²) < 4.78 is 2.52. The van der Waals surface area contributed by atoms with Crippen LogP contribution >= 0.6 is 35.4 Å². The highest BCUT2D eigenvalue weighted by atomic mass is 35.5. The van der Waals surface area contributed by atoms with E-state index < -0.39 is 0 Å². The zero-order chi connectivity index (χ0) is 15.9. The third kappa shape index (κ3) is 2.97. The molecule has 1 aliphatic carbocycles. The lowest BCUT2D eigenvalue weighted by atomic mass is 10.2. The van der Waals surface area contributed by atoms with Crippen LogP contribution in [0.1, 0.15) is 35.1 Å². The Morgan fingerprint density at radius 2 is 2.09 bits per heavy atom. The minimum Gasteiger partial charge on any atom is -0.396 e. The lowest BCUT2D eigenvalue weighted by Gasteiger charge is -2.09. The summed E-state index contributed by atoms with van der Waals surface area (Å²) in [6, 6.07) is 3.35. The number of nitrogens with one attached hydrogen (secondary N) is 2. The molecule has 1 aromatic heterocycles. The molecule has 6 nitrogen and oxygen atoms in total. The molecule has 2 aromatic rings. The molecule has 1 aliphatic rings. The van der Waals surface area contributed by atoms with Crippen LogP contribution in [0.15, 0.2) is 12.1 Å². The first-order valence-corrected chi connectivity index (χ1v) is 7.82. The average molecular weight is 358 g/mol. The molecule has 1 aromatic carbocycles. The molecule has 1 heterocycles. The third-order valence-electron chi connectivity index (χ3n) is 3.44. The van der Waals surface area contributed by atoms with E-state index in [2.05, 4.69) is 15.5 Å². The highest BCUT2D eigenvalue weighted by Crippen LogP contribution is 2.35. The maximum Gasteiger partial charge on any atom is 0.251 e. The van der Waals surface area contributed by atoms with Gasteiger partial charge in [0.15, 0.2) is 10.6 Å². The molecular formula is C13H13Cl2N5OS. The van der Waals surface area contributed by atoms with Gasteiger partial charge in [-0.2, -0.15) is 5.10 Å². The van der Waals surface area contributed by atoms with Gasteiger partial charge < -0.3 is 11.1 Å². The lowest BCUT2D eigenvalue weighted by molar-refractivity contribution is 0.0949. The standard InChI is InChI=1S/C13H13Cl2N5OS/c14-8-3-6(4-9(15)11(8)16)12(21)17-5-10-18-19-13(22)20(10)7-1-2-7/h3-4,7H,1-2,5,16H2,(H,17,21)(H,19,22). The van der Waals surface area contributed by atoms with E-state index in [1.165, 1.54) is 12.1 Å². The largest absolute Gasteiger partial charge is 0.396 e. The van der Waals surface area contributed by atoms with Crippen molar-refractivity contribution in [2.45, 2.75) is 25.4 Å². The van der Waals surface area contributed by atoms with Crippen molar-refractivity contribution in [3.05, 3.63) is 38.3 Å². The highest BCUT2D eigenvalue weighted by molar-refractivity contribution is 7.71. The van der Waals surface area contributed by atoms with Crippen molar-refractivity contribution in [2.75, 3.05) is 5.73 Å². The maximum atomic E-state index is 12.2. The molecule has 0 unspecified atom stereocenters. The third-order valence-corrected chi connectivity index (χ3v) is 4.35. The first-order valence-electron chi connectivity index (χ1n) is 6.66. The predicted molar refractivity (Wildman–Crippen MR) is 87.7 cm³/mol. The Morgan fingerprint density at radius 1 is 1.45 bits per heavy atom. The Labute approximate surface area is 141 Å². The Kier molecular flexibility index (Phi) is 4.12. The van der Waals surface area contributed by atoms with Crippen LogP contribution in [0.4, 0.5) is 5.69 Å². The monoisotopic (exact) mass is 357 g/mol. The number of nitrogens with zero attached hydrogens (tertiary/aromatic N) is 2.